The topological polar surface area (TPSA) is 39.2 Å². The van der Waals surface area contributed by atoms with Gasteiger partial charge in [0.2, 0.25) is 0 Å². The van der Waals surface area contributed by atoms with E-state index in [2.05, 4.69) is 31.8 Å². The summed E-state index contributed by atoms with van der Waals surface area (Å²) in [7, 11) is 0. The smallest absolute Gasteiger partial charge is 0.302 e. The Morgan fingerprint density at radius 1 is 1.47 bits per heavy atom. The van der Waals surface area contributed by atoms with Crippen LogP contribution in [-0.2, 0) is 16.0 Å². The minimum absolute atomic E-state index is 0.152. The predicted octanol–water partition coefficient (Wildman–Crippen LogP) is 3.08. The molecule has 1 aromatic heterocycles. The number of hydrogen-bond donors (Lipinski definition) is 0. The van der Waals surface area contributed by atoms with E-state index in [1.54, 1.807) is 18.0 Å². The summed E-state index contributed by atoms with van der Waals surface area (Å²) >= 11 is 1.78. The van der Waals surface area contributed by atoms with Gasteiger partial charge in [0.1, 0.15) is 0 Å². The first kappa shape index (κ1) is 14.0. The van der Waals surface area contributed by atoms with Gasteiger partial charge < -0.3 is 4.74 Å². The zero-order valence-corrected chi connectivity index (χ0v) is 11.6. The van der Waals surface area contributed by atoms with Gasteiger partial charge in [-0.15, -0.1) is 11.8 Å². The first-order valence-corrected chi connectivity index (χ1v) is 6.46. The van der Waals surface area contributed by atoms with E-state index in [-0.39, 0.29) is 10.7 Å². The zero-order chi connectivity index (χ0) is 12.9. The summed E-state index contributed by atoms with van der Waals surface area (Å²) in [5.41, 5.74) is 0.994. The van der Waals surface area contributed by atoms with Gasteiger partial charge in [-0.2, -0.15) is 0 Å². The van der Waals surface area contributed by atoms with Crippen LogP contribution in [0.2, 0.25) is 0 Å². The van der Waals surface area contributed by atoms with Crippen LogP contribution in [0.15, 0.2) is 23.2 Å². The average Bonchev–Trinajstić information content (AvgIpc) is 2.17. The molecule has 0 radical (unpaired) electrons. The average molecular weight is 253 g/mol. The van der Waals surface area contributed by atoms with Crippen molar-refractivity contribution < 1.29 is 9.53 Å². The molecular formula is C13H19NO2S. The van der Waals surface area contributed by atoms with Crippen LogP contribution in [0.25, 0.3) is 0 Å². The fraction of sp³-hybridized carbons (Fsp3) is 0.538. The fourth-order valence-corrected chi connectivity index (χ4v) is 2.40. The highest BCUT2D eigenvalue weighted by Crippen LogP contribution is 2.33. The van der Waals surface area contributed by atoms with Gasteiger partial charge in [-0.05, 0) is 12.1 Å². The van der Waals surface area contributed by atoms with Crippen LogP contribution in [0.5, 0.6) is 0 Å². The van der Waals surface area contributed by atoms with Crippen molar-refractivity contribution in [2.24, 2.45) is 0 Å². The summed E-state index contributed by atoms with van der Waals surface area (Å²) in [6, 6.07) is 4.00. The van der Waals surface area contributed by atoms with Crippen molar-refractivity contribution in [1.82, 2.24) is 4.98 Å². The molecule has 3 nitrogen and oxygen atoms in total. The number of ether oxygens (including phenoxy) is 1. The maximum atomic E-state index is 10.7. The number of hydrogen-bond acceptors (Lipinski definition) is 4. The molecule has 17 heavy (non-hydrogen) atoms. The quantitative estimate of drug-likeness (QED) is 0.610. The highest BCUT2D eigenvalue weighted by atomic mass is 32.2. The molecule has 1 rings (SSSR count). The molecule has 0 fully saturated rings. The maximum absolute atomic E-state index is 10.7. The third kappa shape index (κ3) is 5.73. The Labute approximate surface area is 107 Å². The molecule has 0 amide bonds. The molecule has 0 aliphatic carbocycles. The predicted molar refractivity (Wildman–Crippen MR) is 70.2 cm³/mol. The van der Waals surface area contributed by atoms with Crippen LogP contribution in [-0.4, -0.2) is 22.3 Å². The molecular weight excluding hydrogens is 234 g/mol. The minimum Gasteiger partial charge on any atom is -0.465 e. The number of aromatic nitrogens is 1. The molecule has 0 saturated heterocycles. The minimum atomic E-state index is -0.244. The second-order valence-electron chi connectivity index (χ2n) is 4.75. The largest absolute Gasteiger partial charge is 0.465 e. The SMILES string of the molecule is CC(=O)OCCc1ncccc1SC(C)(C)C. The second kappa shape index (κ2) is 6.05. The van der Waals surface area contributed by atoms with E-state index in [1.165, 1.54) is 6.92 Å². The van der Waals surface area contributed by atoms with E-state index in [4.69, 9.17) is 4.74 Å². The van der Waals surface area contributed by atoms with Crippen molar-refractivity contribution in [2.45, 2.75) is 43.8 Å². The first-order valence-electron chi connectivity index (χ1n) is 5.65. The number of pyridine rings is 1. The lowest BCUT2D eigenvalue weighted by Crippen LogP contribution is -2.10. The molecule has 0 aromatic carbocycles. The van der Waals surface area contributed by atoms with Crippen molar-refractivity contribution in [3.63, 3.8) is 0 Å². The molecule has 0 N–H and O–H groups in total. The monoisotopic (exact) mass is 253 g/mol. The standard InChI is InChI=1S/C13H19NO2S/c1-10(15)16-9-7-11-12(6-5-8-14-11)17-13(2,3)4/h5-6,8H,7,9H2,1-4H3. The number of nitrogens with zero attached hydrogens (tertiary/aromatic N) is 1. The number of carbonyl (C=O) groups excluding carboxylic acids is 1. The Morgan fingerprint density at radius 3 is 2.76 bits per heavy atom. The molecule has 0 atom stereocenters. The summed E-state index contributed by atoms with van der Waals surface area (Å²) in [5, 5.41) is 0. The number of carbonyl (C=O) groups is 1. The summed E-state index contributed by atoms with van der Waals surface area (Å²) in [5.74, 6) is -0.244. The van der Waals surface area contributed by atoms with E-state index in [0.717, 1.165) is 10.6 Å². The van der Waals surface area contributed by atoms with Gasteiger partial charge in [0.05, 0.1) is 12.3 Å². The molecule has 0 spiro atoms. The van der Waals surface area contributed by atoms with Gasteiger partial charge in [-0.25, -0.2) is 0 Å². The second-order valence-corrected chi connectivity index (χ2v) is 6.62. The van der Waals surface area contributed by atoms with Crippen LogP contribution in [0.4, 0.5) is 0 Å². The van der Waals surface area contributed by atoms with Gasteiger partial charge in [-0.3, -0.25) is 9.78 Å². The molecule has 0 aliphatic heterocycles. The Bertz CT molecular complexity index is 385. The maximum Gasteiger partial charge on any atom is 0.302 e. The lowest BCUT2D eigenvalue weighted by Gasteiger charge is -2.19. The van der Waals surface area contributed by atoms with Gasteiger partial charge in [0, 0.05) is 29.2 Å². The van der Waals surface area contributed by atoms with Gasteiger partial charge in [0.25, 0.3) is 0 Å². The van der Waals surface area contributed by atoms with Crippen molar-refractivity contribution in [2.75, 3.05) is 6.61 Å². The van der Waals surface area contributed by atoms with E-state index < -0.39 is 0 Å². The third-order valence-corrected chi connectivity index (χ3v) is 3.11. The Morgan fingerprint density at radius 2 is 2.18 bits per heavy atom. The van der Waals surface area contributed by atoms with Gasteiger partial charge in [0.15, 0.2) is 0 Å². The Kier molecular flexibility index (Phi) is 5.00. The third-order valence-electron chi connectivity index (χ3n) is 1.91. The van der Waals surface area contributed by atoms with E-state index in [0.29, 0.717) is 13.0 Å². The van der Waals surface area contributed by atoms with Crippen molar-refractivity contribution in [1.29, 1.82) is 0 Å². The summed E-state index contributed by atoms with van der Waals surface area (Å²) < 4.78 is 5.09. The van der Waals surface area contributed by atoms with Crippen molar-refractivity contribution >= 4 is 17.7 Å². The van der Waals surface area contributed by atoms with Crippen LogP contribution in [0, 0.1) is 0 Å². The molecule has 0 aliphatic rings. The van der Waals surface area contributed by atoms with Crippen molar-refractivity contribution in [3.05, 3.63) is 24.0 Å². The molecule has 0 bridgehead atoms. The van der Waals surface area contributed by atoms with Crippen LogP contribution < -0.4 is 0 Å². The molecule has 4 heteroatoms. The normalized spacial score (nSPS) is 11.3. The number of esters is 1. The fourth-order valence-electron chi connectivity index (χ4n) is 1.33. The molecule has 94 valence electrons. The van der Waals surface area contributed by atoms with Gasteiger partial charge >= 0.3 is 5.97 Å². The van der Waals surface area contributed by atoms with Crippen molar-refractivity contribution in [3.8, 4) is 0 Å². The molecule has 0 unspecified atom stereocenters. The Hall–Kier alpha value is -1.03. The summed E-state index contributed by atoms with van der Waals surface area (Å²) in [6.45, 7) is 8.31. The van der Waals surface area contributed by atoms with Gasteiger partial charge in [-0.1, -0.05) is 20.8 Å². The lowest BCUT2D eigenvalue weighted by molar-refractivity contribution is -0.140. The molecule has 1 heterocycles. The van der Waals surface area contributed by atoms with Crippen LogP contribution in [0.1, 0.15) is 33.4 Å². The highest BCUT2D eigenvalue weighted by molar-refractivity contribution is 8.00. The summed E-state index contributed by atoms with van der Waals surface area (Å²) in [4.78, 5) is 16.2. The number of thioether (sulfide) groups is 1. The van der Waals surface area contributed by atoms with Crippen LogP contribution >= 0.6 is 11.8 Å². The summed E-state index contributed by atoms with van der Waals surface area (Å²) in [6.07, 6.45) is 2.44. The molecule has 0 saturated carbocycles. The van der Waals surface area contributed by atoms with E-state index in [9.17, 15) is 4.79 Å². The number of rotatable bonds is 4. The zero-order valence-electron chi connectivity index (χ0n) is 10.8. The van der Waals surface area contributed by atoms with Crippen LogP contribution in [0.3, 0.4) is 0 Å². The highest BCUT2D eigenvalue weighted by Gasteiger charge is 2.15. The molecule has 1 aromatic rings. The first-order chi connectivity index (χ1) is 7.88. The lowest BCUT2D eigenvalue weighted by atomic mass is 10.2. The van der Waals surface area contributed by atoms with E-state index >= 15 is 0 Å². The van der Waals surface area contributed by atoms with E-state index in [1.807, 2.05) is 6.07 Å². The Balaban J connectivity index is 2.67.